The van der Waals surface area contributed by atoms with Gasteiger partial charge in [0.15, 0.2) is 0 Å². The molecule has 0 aliphatic rings. The van der Waals surface area contributed by atoms with Crippen LogP contribution in [0.2, 0.25) is 0 Å². The molecule has 0 aliphatic carbocycles. The van der Waals surface area contributed by atoms with Crippen LogP contribution in [0.3, 0.4) is 0 Å². The Hall–Kier alpha value is -2.14. The maximum atomic E-state index is 11.9. The van der Waals surface area contributed by atoms with Crippen LogP contribution < -0.4 is 10.5 Å². The fraction of sp³-hybridized carbons (Fsp3) is 0.188. The number of benzene rings is 2. The van der Waals surface area contributed by atoms with Gasteiger partial charge in [-0.2, -0.15) is 0 Å². The molecule has 1 amide bonds. The molecule has 0 fully saturated rings. The molecule has 2 N–H and O–H groups in total. The average Bonchev–Trinajstić information content (AvgIpc) is 2.47. The summed E-state index contributed by atoms with van der Waals surface area (Å²) in [5, 5.41) is 0. The Labute approximate surface area is 126 Å². The van der Waals surface area contributed by atoms with Gasteiger partial charge in [-0.05, 0) is 28.8 Å². The van der Waals surface area contributed by atoms with E-state index in [0.29, 0.717) is 5.75 Å². The van der Waals surface area contributed by atoms with Gasteiger partial charge in [0.2, 0.25) is 5.91 Å². The molecule has 2 aromatic carbocycles. The van der Waals surface area contributed by atoms with E-state index in [1.807, 2.05) is 48.5 Å². The molecular formula is C16H17NO3S. The summed E-state index contributed by atoms with van der Waals surface area (Å²) in [5.41, 5.74) is 7.97. The zero-order valence-corrected chi connectivity index (χ0v) is 12.6. The van der Waals surface area contributed by atoms with E-state index in [2.05, 4.69) is 0 Å². The quantitative estimate of drug-likeness (QED) is 0.888. The number of hydrogen-bond donors (Lipinski definition) is 1. The summed E-state index contributed by atoms with van der Waals surface area (Å²) >= 11 is 0. The van der Waals surface area contributed by atoms with Crippen molar-refractivity contribution in [2.75, 3.05) is 12.9 Å². The molecule has 0 bridgehead atoms. The first kappa shape index (κ1) is 15.3. The van der Waals surface area contributed by atoms with Gasteiger partial charge in [0.05, 0.1) is 7.11 Å². The lowest BCUT2D eigenvalue weighted by atomic mass is 10.0. The number of primary amides is 1. The van der Waals surface area contributed by atoms with E-state index < -0.39 is 16.7 Å². The minimum Gasteiger partial charge on any atom is -0.497 e. The third kappa shape index (κ3) is 4.16. The topological polar surface area (TPSA) is 69.4 Å². The standard InChI is InChI=1S/C16H17NO3S/c1-20-14-7-4-6-12(9-14)15-8-3-2-5-13(15)10-21(19)11-16(17)18/h2-9H,10-11H2,1H3,(H2,17,18)/t21-/m0/s1. The molecule has 4 nitrogen and oxygen atoms in total. The van der Waals surface area contributed by atoms with Crippen LogP contribution in [-0.4, -0.2) is 23.0 Å². The molecule has 5 heteroatoms. The number of hydrogen-bond acceptors (Lipinski definition) is 3. The zero-order chi connectivity index (χ0) is 15.2. The summed E-state index contributed by atoms with van der Waals surface area (Å²) in [5.74, 6) is 0.399. The monoisotopic (exact) mass is 303 g/mol. The Morgan fingerprint density at radius 1 is 1.19 bits per heavy atom. The average molecular weight is 303 g/mol. The molecule has 0 spiro atoms. The first-order valence-corrected chi connectivity index (χ1v) is 7.94. The summed E-state index contributed by atoms with van der Waals surface area (Å²) in [6, 6.07) is 15.4. The predicted octanol–water partition coefficient (Wildman–Crippen LogP) is 2.10. The minimum absolute atomic E-state index is 0.119. The van der Waals surface area contributed by atoms with E-state index in [-0.39, 0.29) is 5.75 Å². The van der Waals surface area contributed by atoms with Gasteiger partial charge in [-0.25, -0.2) is 0 Å². The van der Waals surface area contributed by atoms with E-state index in [1.165, 1.54) is 0 Å². The van der Waals surface area contributed by atoms with Crippen molar-refractivity contribution in [3.63, 3.8) is 0 Å². The van der Waals surface area contributed by atoms with Gasteiger partial charge in [-0.1, -0.05) is 36.4 Å². The number of methoxy groups -OCH3 is 1. The predicted molar refractivity (Wildman–Crippen MR) is 84.3 cm³/mol. The van der Waals surface area contributed by atoms with E-state index in [9.17, 15) is 9.00 Å². The van der Waals surface area contributed by atoms with Crippen LogP contribution in [-0.2, 0) is 21.3 Å². The molecule has 0 aromatic heterocycles. The molecule has 0 unspecified atom stereocenters. The van der Waals surface area contributed by atoms with E-state index >= 15 is 0 Å². The number of carbonyl (C=O) groups excluding carboxylic acids is 1. The third-order valence-electron chi connectivity index (χ3n) is 3.02. The van der Waals surface area contributed by atoms with Gasteiger partial charge in [0, 0.05) is 16.6 Å². The summed E-state index contributed by atoms with van der Waals surface area (Å²) < 4.78 is 17.1. The van der Waals surface area contributed by atoms with Crippen molar-refractivity contribution in [1.82, 2.24) is 0 Å². The van der Waals surface area contributed by atoms with Crippen molar-refractivity contribution in [2.45, 2.75) is 5.75 Å². The third-order valence-corrected chi connectivity index (χ3v) is 4.26. The summed E-state index contributed by atoms with van der Waals surface area (Å²) in [6.07, 6.45) is 0. The molecule has 110 valence electrons. The Morgan fingerprint density at radius 2 is 1.95 bits per heavy atom. The second-order valence-corrected chi connectivity index (χ2v) is 6.04. The number of nitrogens with two attached hydrogens (primary N) is 1. The highest BCUT2D eigenvalue weighted by molar-refractivity contribution is 7.84. The number of rotatable bonds is 6. The van der Waals surface area contributed by atoms with E-state index in [0.717, 1.165) is 22.4 Å². The van der Waals surface area contributed by atoms with Gasteiger partial charge in [0.1, 0.15) is 11.5 Å². The van der Waals surface area contributed by atoms with Crippen LogP contribution >= 0.6 is 0 Å². The largest absolute Gasteiger partial charge is 0.497 e. The molecule has 2 aromatic rings. The smallest absolute Gasteiger partial charge is 0.230 e. The second kappa shape index (κ2) is 7.04. The highest BCUT2D eigenvalue weighted by Crippen LogP contribution is 2.27. The van der Waals surface area contributed by atoms with Crippen LogP contribution in [0.25, 0.3) is 11.1 Å². The summed E-state index contributed by atoms with van der Waals surface area (Å²) in [6.45, 7) is 0. The van der Waals surface area contributed by atoms with Crippen LogP contribution in [0.4, 0.5) is 0 Å². The van der Waals surface area contributed by atoms with E-state index in [4.69, 9.17) is 10.5 Å². The summed E-state index contributed by atoms with van der Waals surface area (Å²) in [4.78, 5) is 10.9. The van der Waals surface area contributed by atoms with Crippen LogP contribution in [0, 0.1) is 0 Å². The maximum absolute atomic E-state index is 11.9. The Kier molecular flexibility index (Phi) is 5.11. The normalized spacial score (nSPS) is 11.9. The molecule has 2 rings (SSSR count). The van der Waals surface area contributed by atoms with Crippen molar-refractivity contribution in [3.8, 4) is 16.9 Å². The molecule has 0 saturated heterocycles. The van der Waals surface area contributed by atoms with Crippen molar-refractivity contribution in [1.29, 1.82) is 0 Å². The lowest BCUT2D eigenvalue weighted by Gasteiger charge is -2.10. The molecule has 1 atom stereocenters. The first-order chi connectivity index (χ1) is 10.1. The number of ether oxygens (including phenoxy) is 1. The molecule has 0 aliphatic heterocycles. The second-order valence-electron chi connectivity index (χ2n) is 4.58. The Balaban J connectivity index is 2.32. The number of amides is 1. The van der Waals surface area contributed by atoms with Gasteiger partial charge < -0.3 is 10.5 Å². The van der Waals surface area contributed by atoms with Gasteiger partial charge in [0.25, 0.3) is 0 Å². The van der Waals surface area contributed by atoms with Crippen LogP contribution in [0.15, 0.2) is 48.5 Å². The Morgan fingerprint density at radius 3 is 2.67 bits per heavy atom. The lowest BCUT2D eigenvalue weighted by molar-refractivity contribution is -0.115. The van der Waals surface area contributed by atoms with Gasteiger partial charge >= 0.3 is 0 Å². The van der Waals surface area contributed by atoms with Crippen LogP contribution in [0.1, 0.15) is 5.56 Å². The van der Waals surface area contributed by atoms with Crippen molar-refractivity contribution < 1.29 is 13.7 Å². The zero-order valence-electron chi connectivity index (χ0n) is 11.7. The molecule has 21 heavy (non-hydrogen) atoms. The fourth-order valence-electron chi connectivity index (χ4n) is 2.10. The van der Waals surface area contributed by atoms with Crippen LogP contribution in [0.5, 0.6) is 5.75 Å². The summed E-state index contributed by atoms with van der Waals surface area (Å²) in [7, 11) is 0.320. The molecule has 0 radical (unpaired) electrons. The van der Waals surface area contributed by atoms with Crippen molar-refractivity contribution in [3.05, 3.63) is 54.1 Å². The van der Waals surface area contributed by atoms with Crippen molar-refractivity contribution >= 4 is 16.7 Å². The lowest BCUT2D eigenvalue weighted by Crippen LogP contribution is -2.20. The molecule has 0 saturated carbocycles. The maximum Gasteiger partial charge on any atom is 0.230 e. The Bertz CT molecular complexity index is 670. The van der Waals surface area contributed by atoms with E-state index in [1.54, 1.807) is 7.11 Å². The highest BCUT2D eigenvalue weighted by atomic mass is 32.2. The minimum atomic E-state index is -1.30. The molecular weight excluding hydrogens is 286 g/mol. The number of carbonyl (C=O) groups is 1. The first-order valence-electron chi connectivity index (χ1n) is 6.46. The fourth-order valence-corrected chi connectivity index (χ4v) is 3.12. The highest BCUT2D eigenvalue weighted by Gasteiger charge is 2.10. The van der Waals surface area contributed by atoms with Gasteiger partial charge in [-0.3, -0.25) is 9.00 Å². The SMILES string of the molecule is COc1cccc(-c2ccccc2C[S@](=O)CC(N)=O)c1. The molecule has 0 heterocycles. The van der Waals surface area contributed by atoms with Gasteiger partial charge in [-0.15, -0.1) is 0 Å². The van der Waals surface area contributed by atoms with Crippen molar-refractivity contribution in [2.24, 2.45) is 5.73 Å².